The number of Topliss-reactive ketones (excluding diaryl/α,β-unsaturated/α-hetero) is 1. The van der Waals surface area contributed by atoms with Crippen LogP contribution in [0.15, 0.2) is 58.4 Å². The summed E-state index contributed by atoms with van der Waals surface area (Å²) in [5, 5.41) is 10.6. The summed E-state index contributed by atoms with van der Waals surface area (Å²) in [4.78, 5) is 27.4. The molecule has 0 radical (unpaired) electrons. The van der Waals surface area contributed by atoms with Crippen LogP contribution in [0.1, 0.15) is 47.5 Å². The summed E-state index contributed by atoms with van der Waals surface area (Å²) in [5.74, 6) is -1.43. The molecular formula is C22H23NO5. The van der Waals surface area contributed by atoms with E-state index >= 15 is 0 Å². The fourth-order valence-corrected chi connectivity index (χ4v) is 3.90. The summed E-state index contributed by atoms with van der Waals surface area (Å²) in [5.41, 5.74) is 2.00. The molecule has 0 saturated carbocycles. The quantitative estimate of drug-likeness (QED) is 0.774. The number of ketones is 1. The number of ether oxygens (including phenoxy) is 1. The standard InChI is InChI=1S/C22H23NO5/c1-2-14-7-9-15(10-8-14)19-18(20(24)17-6-4-12-28-17)21(25)22(26)23(19)13-16-5-3-11-27-16/h4,6-10,12,16,19,25H,2-3,5,11,13H2,1H3/t16-,19+/m0/s1. The molecule has 1 aromatic carbocycles. The molecule has 2 atom stereocenters. The van der Waals surface area contributed by atoms with Gasteiger partial charge in [-0.1, -0.05) is 31.2 Å². The third-order valence-corrected chi connectivity index (χ3v) is 5.42. The number of aryl methyl sites for hydroxylation is 1. The van der Waals surface area contributed by atoms with E-state index in [2.05, 4.69) is 6.92 Å². The van der Waals surface area contributed by atoms with Crippen molar-refractivity contribution in [2.75, 3.05) is 13.2 Å². The summed E-state index contributed by atoms with van der Waals surface area (Å²) < 4.78 is 10.9. The van der Waals surface area contributed by atoms with Crippen molar-refractivity contribution in [3.05, 3.63) is 70.9 Å². The minimum absolute atomic E-state index is 0.0576. The fraction of sp³-hybridized carbons (Fsp3) is 0.364. The van der Waals surface area contributed by atoms with E-state index in [4.69, 9.17) is 9.15 Å². The summed E-state index contributed by atoms with van der Waals surface area (Å²) in [6.07, 6.45) is 4.00. The molecule has 2 aromatic rings. The third-order valence-electron chi connectivity index (χ3n) is 5.42. The predicted octanol–water partition coefficient (Wildman–Crippen LogP) is 3.60. The lowest BCUT2D eigenvalue weighted by Gasteiger charge is -2.28. The Morgan fingerprint density at radius 1 is 1.25 bits per heavy atom. The van der Waals surface area contributed by atoms with Crippen molar-refractivity contribution in [3.63, 3.8) is 0 Å². The van der Waals surface area contributed by atoms with Gasteiger partial charge in [0.2, 0.25) is 5.78 Å². The Labute approximate surface area is 163 Å². The van der Waals surface area contributed by atoms with Crippen molar-refractivity contribution in [2.45, 2.75) is 38.3 Å². The highest BCUT2D eigenvalue weighted by atomic mass is 16.5. The van der Waals surface area contributed by atoms with E-state index in [0.717, 1.165) is 30.4 Å². The van der Waals surface area contributed by atoms with E-state index in [-0.39, 0.29) is 17.4 Å². The molecule has 0 spiro atoms. The highest BCUT2D eigenvalue weighted by Gasteiger charge is 2.45. The van der Waals surface area contributed by atoms with Gasteiger partial charge in [0.05, 0.1) is 24.0 Å². The first-order valence-corrected chi connectivity index (χ1v) is 9.63. The van der Waals surface area contributed by atoms with E-state index in [1.165, 1.54) is 12.3 Å². The average molecular weight is 381 g/mol. The van der Waals surface area contributed by atoms with Gasteiger partial charge in [-0.25, -0.2) is 0 Å². The van der Waals surface area contributed by atoms with Gasteiger partial charge in [-0.05, 0) is 42.5 Å². The average Bonchev–Trinajstić information content (AvgIpc) is 3.46. The molecule has 28 heavy (non-hydrogen) atoms. The van der Waals surface area contributed by atoms with E-state index in [1.54, 1.807) is 11.0 Å². The predicted molar refractivity (Wildman–Crippen MR) is 102 cm³/mol. The molecular weight excluding hydrogens is 358 g/mol. The molecule has 1 N–H and O–H groups in total. The van der Waals surface area contributed by atoms with Crippen LogP contribution in [0.2, 0.25) is 0 Å². The van der Waals surface area contributed by atoms with Gasteiger partial charge >= 0.3 is 0 Å². The molecule has 146 valence electrons. The van der Waals surface area contributed by atoms with Gasteiger partial charge in [0.1, 0.15) is 0 Å². The van der Waals surface area contributed by atoms with Crippen molar-refractivity contribution >= 4 is 11.7 Å². The number of carbonyl (C=O) groups is 2. The van der Waals surface area contributed by atoms with E-state index in [0.29, 0.717) is 13.2 Å². The van der Waals surface area contributed by atoms with Crippen molar-refractivity contribution in [1.82, 2.24) is 4.90 Å². The monoisotopic (exact) mass is 381 g/mol. The Morgan fingerprint density at radius 2 is 2.04 bits per heavy atom. The molecule has 2 aliphatic heterocycles. The first-order valence-electron chi connectivity index (χ1n) is 9.63. The first kappa shape index (κ1) is 18.5. The van der Waals surface area contributed by atoms with Gasteiger partial charge in [-0.15, -0.1) is 0 Å². The number of aliphatic hydroxyl groups excluding tert-OH is 1. The van der Waals surface area contributed by atoms with Crippen LogP contribution < -0.4 is 0 Å². The van der Waals surface area contributed by atoms with Gasteiger partial charge in [0.25, 0.3) is 5.91 Å². The molecule has 0 bridgehead atoms. The SMILES string of the molecule is CCc1ccc([C@@H]2C(C(=O)c3ccco3)=C(O)C(=O)N2C[C@@H]2CCCO2)cc1. The topological polar surface area (TPSA) is 80.0 Å². The zero-order valence-corrected chi connectivity index (χ0v) is 15.8. The Morgan fingerprint density at radius 3 is 2.64 bits per heavy atom. The van der Waals surface area contributed by atoms with Crippen molar-refractivity contribution in [1.29, 1.82) is 0 Å². The Balaban J connectivity index is 1.74. The molecule has 1 amide bonds. The van der Waals surface area contributed by atoms with Gasteiger partial charge < -0.3 is 19.2 Å². The Hall–Kier alpha value is -2.86. The lowest BCUT2D eigenvalue weighted by atomic mass is 9.94. The number of nitrogens with zero attached hydrogens (tertiary/aromatic N) is 1. The largest absolute Gasteiger partial charge is 0.503 e. The Bertz CT molecular complexity index is 892. The second-order valence-electron chi connectivity index (χ2n) is 7.16. The highest BCUT2D eigenvalue weighted by Crippen LogP contribution is 2.39. The summed E-state index contributed by atoms with van der Waals surface area (Å²) in [6.45, 7) is 3.06. The smallest absolute Gasteiger partial charge is 0.290 e. The van der Waals surface area contributed by atoms with Crippen LogP contribution in [0.5, 0.6) is 0 Å². The maximum absolute atomic E-state index is 13.0. The molecule has 1 aromatic heterocycles. The van der Waals surface area contributed by atoms with Gasteiger partial charge in [-0.3, -0.25) is 9.59 Å². The van der Waals surface area contributed by atoms with Crippen molar-refractivity contribution < 1.29 is 23.8 Å². The van der Waals surface area contributed by atoms with Crippen LogP contribution in [0.3, 0.4) is 0 Å². The molecule has 0 unspecified atom stereocenters. The second kappa shape index (κ2) is 7.64. The number of hydrogen-bond acceptors (Lipinski definition) is 5. The van der Waals surface area contributed by atoms with Gasteiger partial charge in [0, 0.05) is 13.2 Å². The number of aliphatic hydroxyl groups is 1. The maximum atomic E-state index is 13.0. The number of carbonyl (C=O) groups excluding carboxylic acids is 2. The zero-order valence-electron chi connectivity index (χ0n) is 15.8. The number of benzene rings is 1. The minimum Gasteiger partial charge on any atom is -0.503 e. The van der Waals surface area contributed by atoms with Crippen molar-refractivity contribution in [2.24, 2.45) is 0 Å². The Kier molecular flexibility index (Phi) is 5.05. The van der Waals surface area contributed by atoms with E-state index in [1.807, 2.05) is 24.3 Å². The molecule has 2 aliphatic rings. The number of rotatable bonds is 6. The van der Waals surface area contributed by atoms with Crippen LogP contribution in [-0.2, 0) is 16.0 Å². The lowest BCUT2D eigenvalue weighted by molar-refractivity contribution is -0.131. The van der Waals surface area contributed by atoms with E-state index in [9.17, 15) is 14.7 Å². The fourth-order valence-electron chi connectivity index (χ4n) is 3.90. The summed E-state index contributed by atoms with van der Waals surface area (Å²) in [7, 11) is 0. The lowest BCUT2D eigenvalue weighted by Crippen LogP contribution is -2.37. The number of hydrogen-bond donors (Lipinski definition) is 1. The molecule has 0 aliphatic carbocycles. The van der Waals surface area contributed by atoms with E-state index < -0.39 is 23.5 Å². The van der Waals surface area contributed by atoms with Crippen LogP contribution in [0.4, 0.5) is 0 Å². The second-order valence-corrected chi connectivity index (χ2v) is 7.16. The van der Waals surface area contributed by atoms with Gasteiger partial charge in [-0.2, -0.15) is 0 Å². The number of furan rings is 1. The first-order chi connectivity index (χ1) is 13.6. The summed E-state index contributed by atoms with van der Waals surface area (Å²) in [6, 6.07) is 10.3. The highest BCUT2D eigenvalue weighted by molar-refractivity contribution is 6.15. The van der Waals surface area contributed by atoms with Crippen LogP contribution in [0.25, 0.3) is 0 Å². The molecule has 1 fully saturated rings. The van der Waals surface area contributed by atoms with Crippen LogP contribution >= 0.6 is 0 Å². The zero-order chi connectivity index (χ0) is 19.7. The molecule has 6 nitrogen and oxygen atoms in total. The maximum Gasteiger partial charge on any atom is 0.290 e. The van der Waals surface area contributed by atoms with Crippen molar-refractivity contribution in [3.8, 4) is 0 Å². The van der Waals surface area contributed by atoms with Gasteiger partial charge in [0.15, 0.2) is 11.5 Å². The normalized spacial score (nSPS) is 22.3. The molecule has 4 rings (SSSR count). The third kappa shape index (κ3) is 3.24. The summed E-state index contributed by atoms with van der Waals surface area (Å²) >= 11 is 0. The number of amides is 1. The molecule has 3 heterocycles. The molecule has 6 heteroatoms. The minimum atomic E-state index is -0.666. The van der Waals surface area contributed by atoms with Crippen LogP contribution in [0, 0.1) is 0 Å². The molecule has 1 saturated heterocycles. The van der Waals surface area contributed by atoms with Crippen LogP contribution in [-0.4, -0.2) is 41.0 Å².